The van der Waals surface area contributed by atoms with E-state index in [1.54, 1.807) is 0 Å². The summed E-state index contributed by atoms with van der Waals surface area (Å²) in [6, 6.07) is 0. The van der Waals surface area contributed by atoms with Crippen molar-refractivity contribution in [2.24, 2.45) is 0 Å². The first-order chi connectivity index (χ1) is 26.4. The van der Waals surface area contributed by atoms with Crippen LogP contribution in [0.25, 0.3) is 0 Å². The van der Waals surface area contributed by atoms with Crippen LogP contribution in [0.5, 0.6) is 0 Å². The maximum Gasteiger partial charge on any atom is 0.407 e. The van der Waals surface area contributed by atoms with Gasteiger partial charge < -0.3 is 29.5 Å². The van der Waals surface area contributed by atoms with E-state index in [0.717, 1.165) is 64.2 Å². The van der Waals surface area contributed by atoms with Crippen LogP contribution >= 0.6 is 0 Å². The van der Waals surface area contributed by atoms with Crippen molar-refractivity contribution >= 4 is 18.0 Å². The molecule has 1 unspecified atom stereocenters. The predicted molar refractivity (Wildman–Crippen MR) is 224 cm³/mol. The normalized spacial score (nSPS) is 12.2. The Labute approximate surface area is 331 Å². The van der Waals surface area contributed by atoms with Crippen molar-refractivity contribution in [1.82, 2.24) is 10.2 Å². The molecule has 0 aromatic rings. The van der Waals surface area contributed by atoms with Crippen LogP contribution in [0.2, 0.25) is 0 Å². The van der Waals surface area contributed by atoms with E-state index in [4.69, 9.17) is 19.3 Å². The Kier molecular flexibility index (Phi) is 39.9. The molecule has 0 spiro atoms. The molecule has 0 heterocycles. The summed E-state index contributed by atoms with van der Waals surface area (Å²) in [5.74, 6) is -0.706. The number of aliphatic hydroxyl groups is 1. The van der Waals surface area contributed by atoms with Gasteiger partial charge in [-0.15, -0.1) is 0 Å². The fourth-order valence-electron chi connectivity index (χ4n) is 6.15. The van der Waals surface area contributed by atoms with Crippen LogP contribution in [0.4, 0.5) is 4.79 Å². The second kappa shape index (κ2) is 41.8. The van der Waals surface area contributed by atoms with Crippen molar-refractivity contribution in [1.29, 1.82) is 0 Å². The Morgan fingerprint density at radius 1 is 0.556 bits per heavy atom. The Hall–Kier alpha value is -2.39. The van der Waals surface area contributed by atoms with Gasteiger partial charge in [0.05, 0.1) is 6.61 Å². The van der Waals surface area contributed by atoms with E-state index in [1.165, 1.54) is 103 Å². The van der Waals surface area contributed by atoms with Crippen LogP contribution in [0.1, 0.15) is 194 Å². The van der Waals surface area contributed by atoms with Crippen molar-refractivity contribution in [3.8, 4) is 0 Å². The number of hydrogen-bond donors (Lipinski definition) is 2. The summed E-state index contributed by atoms with van der Waals surface area (Å²) in [7, 11) is 1.85. The number of hydrogen-bond acceptors (Lipinski definition) is 8. The van der Waals surface area contributed by atoms with Crippen molar-refractivity contribution in [3.05, 3.63) is 24.3 Å². The van der Waals surface area contributed by atoms with Crippen LogP contribution in [0, 0.1) is 0 Å². The molecule has 0 aromatic heterocycles. The highest BCUT2D eigenvalue weighted by Gasteiger charge is 2.19. The van der Waals surface area contributed by atoms with Gasteiger partial charge in [0.1, 0.15) is 13.2 Å². The molecule has 0 aliphatic rings. The predicted octanol–water partition coefficient (Wildman–Crippen LogP) is 11.2. The molecule has 0 saturated heterocycles. The zero-order valence-electron chi connectivity index (χ0n) is 35.3. The highest BCUT2D eigenvalue weighted by atomic mass is 16.6. The number of likely N-dealkylation sites (N-methyl/N-ethyl adjacent to an activating group) is 1. The molecule has 1 amide bonds. The molecule has 2 N–H and O–H groups in total. The third-order valence-corrected chi connectivity index (χ3v) is 9.66. The summed E-state index contributed by atoms with van der Waals surface area (Å²) in [5.41, 5.74) is 0. The standard InChI is InChI=1S/C45H84N2O7/c1-4-6-8-10-12-14-16-18-20-22-24-26-28-30-32-34-43(49)52-40-42(41-53-45(51)46-36-37-47(3)38-39-48)54-44(50)35-33-31-29-27-25-23-21-19-17-15-13-11-9-7-5-2/h18-21,42,48H,4-17,22-41H2,1-3H3,(H,46,51). The van der Waals surface area contributed by atoms with Crippen LogP contribution in [0.3, 0.4) is 0 Å². The van der Waals surface area contributed by atoms with E-state index < -0.39 is 12.2 Å². The third kappa shape index (κ3) is 39.3. The number of unbranched alkanes of at least 4 members (excludes halogenated alkanes) is 22. The highest BCUT2D eigenvalue weighted by molar-refractivity contribution is 5.70. The molecule has 0 aliphatic heterocycles. The van der Waals surface area contributed by atoms with Crippen LogP contribution in [-0.2, 0) is 23.8 Å². The second-order valence-electron chi connectivity index (χ2n) is 15.0. The first kappa shape index (κ1) is 51.6. The fourth-order valence-corrected chi connectivity index (χ4v) is 6.15. The SMILES string of the molecule is CCCCCCCCC=CCCCCCCCC(=O)OCC(COC(=O)NCCN(C)CCO)OC(=O)CCCCCCCC=CCCCCCCCC. The van der Waals surface area contributed by atoms with Gasteiger partial charge in [-0.2, -0.15) is 0 Å². The summed E-state index contributed by atoms with van der Waals surface area (Å²) >= 11 is 0. The Morgan fingerprint density at radius 2 is 0.963 bits per heavy atom. The zero-order valence-corrected chi connectivity index (χ0v) is 35.3. The lowest BCUT2D eigenvalue weighted by atomic mass is 10.1. The molecular weight excluding hydrogens is 681 g/mol. The molecule has 9 nitrogen and oxygen atoms in total. The van der Waals surface area contributed by atoms with Crippen molar-refractivity contribution in [2.45, 2.75) is 200 Å². The largest absolute Gasteiger partial charge is 0.462 e. The Morgan fingerprint density at radius 3 is 1.43 bits per heavy atom. The van der Waals surface area contributed by atoms with Crippen LogP contribution in [-0.4, -0.2) is 80.6 Å². The van der Waals surface area contributed by atoms with Gasteiger partial charge in [0.25, 0.3) is 0 Å². The molecule has 1 atom stereocenters. The quantitative estimate of drug-likeness (QED) is 0.0274. The molecule has 54 heavy (non-hydrogen) atoms. The number of aliphatic hydroxyl groups excluding tert-OH is 1. The van der Waals surface area contributed by atoms with E-state index in [9.17, 15) is 14.4 Å². The van der Waals surface area contributed by atoms with E-state index in [2.05, 4.69) is 43.5 Å². The molecule has 0 saturated carbocycles. The summed E-state index contributed by atoms with van der Waals surface area (Å²) in [5, 5.41) is 11.7. The molecule has 0 bridgehead atoms. The minimum absolute atomic E-state index is 0.0426. The van der Waals surface area contributed by atoms with Gasteiger partial charge in [0.2, 0.25) is 0 Å². The number of esters is 2. The average molecular weight is 765 g/mol. The monoisotopic (exact) mass is 765 g/mol. The number of nitrogens with one attached hydrogen (secondary N) is 1. The lowest BCUT2D eigenvalue weighted by Crippen LogP contribution is -2.37. The lowest BCUT2D eigenvalue weighted by molar-refractivity contribution is -0.161. The summed E-state index contributed by atoms with van der Waals surface area (Å²) in [6.45, 7) is 5.62. The first-order valence-corrected chi connectivity index (χ1v) is 22.3. The van der Waals surface area contributed by atoms with Gasteiger partial charge in [0, 0.05) is 32.5 Å². The summed E-state index contributed by atoms with van der Waals surface area (Å²) in [6.07, 6.45) is 39.3. The number of carbonyl (C=O) groups excluding carboxylic acids is 3. The molecule has 0 fully saturated rings. The number of alkyl carbamates (subject to hydrolysis) is 1. The number of nitrogens with zero attached hydrogens (tertiary/aromatic N) is 1. The molecule has 0 rings (SSSR count). The van der Waals surface area contributed by atoms with Crippen LogP contribution < -0.4 is 5.32 Å². The Balaban J connectivity index is 4.30. The number of ether oxygens (including phenoxy) is 3. The van der Waals surface area contributed by atoms with Crippen molar-refractivity contribution in [2.75, 3.05) is 46.5 Å². The summed E-state index contributed by atoms with van der Waals surface area (Å²) < 4.78 is 16.4. The van der Waals surface area contributed by atoms with E-state index in [0.29, 0.717) is 26.1 Å². The van der Waals surface area contributed by atoms with Gasteiger partial charge in [-0.3, -0.25) is 9.59 Å². The first-order valence-electron chi connectivity index (χ1n) is 22.3. The van der Waals surface area contributed by atoms with E-state index in [-0.39, 0.29) is 38.2 Å². The number of rotatable bonds is 40. The topological polar surface area (TPSA) is 114 Å². The van der Waals surface area contributed by atoms with Gasteiger partial charge in [-0.25, -0.2) is 4.79 Å². The lowest BCUT2D eigenvalue weighted by Gasteiger charge is -2.19. The smallest absolute Gasteiger partial charge is 0.407 e. The summed E-state index contributed by atoms with van der Waals surface area (Å²) in [4.78, 5) is 39.3. The van der Waals surface area contributed by atoms with E-state index >= 15 is 0 Å². The minimum atomic E-state index is -0.860. The third-order valence-electron chi connectivity index (χ3n) is 9.66. The number of carbonyl (C=O) groups is 3. The maximum absolute atomic E-state index is 12.7. The molecule has 316 valence electrons. The second-order valence-corrected chi connectivity index (χ2v) is 15.0. The highest BCUT2D eigenvalue weighted by Crippen LogP contribution is 2.13. The van der Waals surface area contributed by atoms with E-state index in [1.807, 2.05) is 11.9 Å². The molecule has 0 aliphatic carbocycles. The van der Waals surface area contributed by atoms with Gasteiger partial charge in [-0.1, -0.05) is 141 Å². The Bertz CT molecular complexity index is 910. The molecule has 0 aromatic carbocycles. The molecule has 0 radical (unpaired) electrons. The number of allylic oxidation sites excluding steroid dienone is 4. The maximum atomic E-state index is 12.7. The molecule has 9 heteroatoms. The van der Waals surface area contributed by atoms with Gasteiger partial charge in [-0.05, 0) is 71.3 Å². The zero-order chi connectivity index (χ0) is 39.6. The fraction of sp³-hybridized carbons (Fsp3) is 0.844. The average Bonchev–Trinajstić information content (AvgIpc) is 3.16. The van der Waals surface area contributed by atoms with Crippen molar-refractivity contribution < 1.29 is 33.7 Å². The minimum Gasteiger partial charge on any atom is -0.462 e. The van der Waals surface area contributed by atoms with Crippen LogP contribution in [0.15, 0.2) is 24.3 Å². The number of amides is 1. The van der Waals surface area contributed by atoms with Gasteiger partial charge >= 0.3 is 18.0 Å². The van der Waals surface area contributed by atoms with Crippen molar-refractivity contribution in [3.63, 3.8) is 0 Å². The van der Waals surface area contributed by atoms with Gasteiger partial charge in [0.15, 0.2) is 6.10 Å². The molecular formula is C45H84N2O7.